The average Bonchev–Trinajstić information content (AvgIpc) is 2.77. The number of nitriles is 1. The van der Waals surface area contributed by atoms with E-state index in [0.29, 0.717) is 43.1 Å². The molecule has 0 aliphatic carbocycles. The molecule has 0 radical (unpaired) electrons. The van der Waals surface area contributed by atoms with E-state index < -0.39 is 10.0 Å². The number of rotatable bonds is 7. The van der Waals surface area contributed by atoms with E-state index in [1.165, 1.54) is 16.4 Å². The number of nitrogens with zero attached hydrogens (tertiary/aromatic N) is 3. The molecule has 1 aliphatic rings. The number of hydrogen-bond acceptors (Lipinski definition) is 6. The number of amides is 1. The summed E-state index contributed by atoms with van der Waals surface area (Å²) in [5, 5.41) is 14.8. The quantitative estimate of drug-likeness (QED) is 0.671. The van der Waals surface area contributed by atoms with Gasteiger partial charge in [0.25, 0.3) is 5.91 Å². The first-order valence-electron chi connectivity index (χ1n) is 9.50. The topological polar surface area (TPSA) is 115 Å². The Hall–Kier alpha value is -2.96. The molecule has 2 heterocycles. The summed E-state index contributed by atoms with van der Waals surface area (Å²) < 4.78 is 27.1. The lowest BCUT2D eigenvalue weighted by molar-refractivity contribution is 0.0955. The van der Waals surface area contributed by atoms with Gasteiger partial charge in [-0.3, -0.25) is 4.79 Å². The van der Waals surface area contributed by atoms with Gasteiger partial charge < -0.3 is 10.6 Å². The second-order valence-corrected chi connectivity index (χ2v) is 8.62. The molecule has 152 valence electrons. The number of pyridine rings is 1. The Morgan fingerprint density at radius 1 is 1.14 bits per heavy atom. The van der Waals surface area contributed by atoms with Crippen LogP contribution in [0, 0.1) is 11.3 Å². The predicted molar refractivity (Wildman–Crippen MR) is 109 cm³/mol. The number of piperidine rings is 1. The molecule has 0 saturated carbocycles. The van der Waals surface area contributed by atoms with Crippen LogP contribution in [0.15, 0.2) is 47.5 Å². The van der Waals surface area contributed by atoms with E-state index in [9.17, 15) is 13.2 Å². The number of benzene rings is 1. The zero-order valence-electron chi connectivity index (χ0n) is 16.0. The van der Waals surface area contributed by atoms with Crippen molar-refractivity contribution in [2.45, 2.75) is 24.2 Å². The van der Waals surface area contributed by atoms with E-state index in [1.807, 2.05) is 6.07 Å². The largest absolute Gasteiger partial charge is 0.367 e. The second kappa shape index (κ2) is 9.49. The Morgan fingerprint density at radius 2 is 1.93 bits per heavy atom. The van der Waals surface area contributed by atoms with Gasteiger partial charge in [0.05, 0.1) is 10.5 Å². The molecule has 29 heavy (non-hydrogen) atoms. The SMILES string of the molecule is N#Cc1cccnc1NCCNC(=O)c1cccc(S(=O)(=O)N2CCCCC2)c1. The number of carbonyl (C=O) groups is 1. The van der Waals surface area contributed by atoms with Crippen molar-refractivity contribution < 1.29 is 13.2 Å². The summed E-state index contributed by atoms with van der Waals surface area (Å²) >= 11 is 0. The highest BCUT2D eigenvalue weighted by Crippen LogP contribution is 2.21. The lowest BCUT2D eigenvalue weighted by Gasteiger charge is -2.26. The lowest BCUT2D eigenvalue weighted by atomic mass is 10.2. The Bertz CT molecular complexity index is 1010. The van der Waals surface area contributed by atoms with Crippen LogP contribution in [0.25, 0.3) is 0 Å². The third-order valence-electron chi connectivity index (χ3n) is 4.68. The van der Waals surface area contributed by atoms with Gasteiger partial charge in [0.15, 0.2) is 0 Å². The highest BCUT2D eigenvalue weighted by atomic mass is 32.2. The van der Waals surface area contributed by atoms with E-state index >= 15 is 0 Å². The predicted octanol–water partition coefficient (Wildman–Crippen LogP) is 1.97. The third-order valence-corrected chi connectivity index (χ3v) is 6.57. The third kappa shape index (κ3) is 5.10. The fourth-order valence-corrected chi connectivity index (χ4v) is 4.71. The second-order valence-electron chi connectivity index (χ2n) is 6.69. The van der Waals surface area contributed by atoms with Crippen molar-refractivity contribution in [2.75, 3.05) is 31.5 Å². The lowest BCUT2D eigenvalue weighted by Crippen LogP contribution is -2.35. The summed E-state index contributed by atoms with van der Waals surface area (Å²) in [7, 11) is -3.58. The van der Waals surface area contributed by atoms with Crippen LogP contribution >= 0.6 is 0 Å². The van der Waals surface area contributed by atoms with Gasteiger partial charge in [-0.25, -0.2) is 13.4 Å². The first-order chi connectivity index (χ1) is 14.0. The highest BCUT2D eigenvalue weighted by Gasteiger charge is 2.26. The smallest absolute Gasteiger partial charge is 0.251 e. The van der Waals surface area contributed by atoms with Crippen LogP contribution in [0.5, 0.6) is 0 Å². The average molecular weight is 414 g/mol. The van der Waals surface area contributed by atoms with Crippen molar-refractivity contribution >= 4 is 21.7 Å². The summed E-state index contributed by atoms with van der Waals surface area (Å²) in [5.74, 6) is 0.0999. The molecule has 2 aromatic rings. The van der Waals surface area contributed by atoms with E-state index in [4.69, 9.17) is 5.26 Å². The normalized spacial score (nSPS) is 14.7. The number of nitrogens with one attached hydrogen (secondary N) is 2. The molecule has 0 atom stereocenters. The van der Waals surface area contributed by atoms with Gasteiger partial charge in [-0.15, -0.1) is 0 Å². The van der Waals surface area contributed by atoms with E-state index in [-0.39, 0.29) is 10.8 Å². The zero-order chi connectivity index (χ0) is 20.7. The molecule has 1 aromatic carbocycles. The van der Waals surface area contributed by atoms with E-state index in [0.717, 1.165) is 19.3 Å². The standard InChI is InChI=1S/C20H23N5O3S/c21-15-17-7-5-9-22-19(17)23-10-11-24-20(26)16-6-4-8-18(14-16)29(27,28)25-12-2-1-3-13-25/h4-9,14H,1-3,10-13H2,(H,22,23)(H,24,26). The molecule has 1 amide bonds. The number of aromatic nitrogens is 1. The van der Waals surface area contributed by atoms with Crippen LogP contribution in [0.1, 0.15) is 35.2 Å². The maximum absolute atomic E-state index is 12.8. The van der Waals surface area contributed by atoms with Crippen LogP contribution < -0.4 is 10.6 Å². The molecule has 9 heteroatoms. The number of hydrogen-bond donors (Lipinski definition) is 2. The van der Waals surface area contributed by atoms with Crippen molar-refractivity contribution in [3.63, 3.8) is 0 Å². The van der Waals surface area contributed by atoms with Crippen molar-refractivity contribution in [3.05, 3.63) is 53.7 Å². The molecule has 1 fully saturated rings. The number of carbonyl (C=O) groups excluding carboxylic acids is 1. The molecule has 8 nitrogen and oxygen atoms in total. The zero-order valence-corrected chi connectivity index (χ0v) is 16.8. The molecule has 1 saturated heterocycles. The molecule has 0 spiro atoms. The van der Waals surface area contributed by atoms with Crippen LogP contribution in [-0.2, 0) is 10.0 Å². The van der Waals surface area contributed by atoms with Gasteiger partial charge in [-0.05, 0) is 43.2 Å². The van der Waals surface area contributed by atoms with Gasteiger partial charge in [-0.2, -0.15) is 9.57 Å². The molecular formula is C20H23N5O3S. The highest BCUT2D eigenvalue weighted by molar-refractivity contribution is 7.89. The van der Waals surface area contributed by atoms with Crippen molar-refractivity contribution in [3.8, 4) is 6.07 Å². The monoisotopic (exact) mass is 413 g/mol. The summed E-state index contributed by atoms with van der Waals surface area (Å²) in [6.07, 6.45) is 4.33. The summed E-state index contributed by atoms with van der Waals surface area (Å²) in [4.78, 5) is 16.6. The Balaban J connectivity index is 1.59. The minimum absolute atomic E-state index is 0.136. The van der Waals surface area contributed by atoms with Gasteiger partial charge in [0.1, 0.15) is 11.9 Å². The molecule has 2 N–H and O–H groups in total. The van der Waals surface area contributed by atoms with Crippen molar-refractivity contribution in [2.24, 2.45) is 0 Å². The Morgan fingerprint density at radius 3 is 2.69 bits per heavy atom. The minimum Gasteiger partial charge on any atom is -0.367 e. The number of anilines is 1. The van der Waals surface area contributed by atoms with Crippen LogP contribution in [-0.4, -0.2) is 49.8 Å². The van der Waals surface area contributed by atoms with E-state index in [1.54, 1.807) is 30.5 Å². The van der Waals surface area contributed by atoms with Crippen LogP contribution in [0.2, 0.25) is 0 Å². The molecule has 0 unspecified atom stereocenters. The fraction of sp³-hybridized carbons (Fsp3) is 0.350. The van der Waals surface area contributed by atoms with Gasteiger partial charge >= 0.3 is 0 Å². The Labute approximate surface area is 170 Å². The van der Waals surface area contributed by atoms with Crippen molar-refractivity contribution in [1.29, 1.82) is 5.26 Å². The van der Waals surface area contributed by atoms with Crippen LogP contribution in [0.3, 0.4) is 0 Å². The molecule has 1 aromatic heterocycles. The summed E-state index contributed by atoms with van der Waals surface area (Å²) in [5.41, 5.74) is 0.716. The van der Waals surface area contributed by atoms with Gasteiger partial charge in [-0.1, -0.05) is 12.5 Å². The molecule has 1 aliphatic heterocycles. The molecular weight excluding hydrogens is 390 g/mol. The fourth-order valence-electron chi connectivity index (χ4n) is 3.15. The summed E-state index contributed by atoms with van der Waals surface area (Å²) in [6.45, 7) is 1.71. The molecule has 3 rings (SSSR count). The van der Waals surface area contributed by atoms with E-state index in [2.05, 4.69) is 15.6 Å². The first kappa shape index (κ1) is 20.8. The Kier molecular flexibility index (Phi) is 6.80. The maximum atomic E-state index is 12.8. The van der Waals surface area contributed by atoms with Crippen molar-refractivity contribution in [1.82, 2.24) is 14.6 Å². The number of sulfonamides is 1. The summed E-state index contributed by atoms with van der Waals surface area (Å²) in [6, 6.07) is 11.5. The maximum Gasteiger partial charge on any atom is 0.251 e. The first-order valence-corrected chi connectivity index (χ1v) is 10.9. The molecule has 0 bridgehead atoms. The minimum atomic E-state index is -3.58. The van der Waals surface area contributed by atoms with Crippen LogP contribution in [0.4, 0.5) is 5.82 Å². The van der Waals surface area contributed by atoms with Gasteiger partial charge in [0, 0.05) is 37.9 Å². The van der Waals surface area contributed by atoms with Gasteiger partial charge in [0.2, 0.25) is 10.0 Å².